The molecule has 1 N–H and O–H groups in total. The van der Waals surface area contributed by atoms with Crippen LogP contribution in [-0.2, 0) is 12.1 Å². The molecule has 0 atom stereocenters. The lowest BCUT2D eigenvalue weighted by atomic mass is 10.1. The third-order valence-electron chi connectivity index (χ3n) is 3.43. The second-order valence-electron chi connectivity index (χ2n) is 6.18. The fourth-order valence-corrected chi connectivity index (χ4v) is 2.47. The van der Waals surface area contributed by atoms with E-state index in [9.17, 15) is 0 Å². The van der Waals surface area contributed by atoms with Crippen LogP contribution in [0.15, 0.2) is 24.3 Å². The molecular weight excluding hydrogens is 222 g/mol. The number of rotatable bonds is 3. The SMILES string of the molecule is CC(C)(C)n1c(CNC2CC2)nc2ccccc21. The molecule has 18 heavy (non-hydrogen) atoms. The minimum Gasteiger partial charge on any atom is -0.322 e. The predicted octanol–water partition coefficient (Wildman–Crippen LogP) is 3.04. The molecule has 1 aliphatic rings. The van der Waals surface area contributed by atoms with E-state index in [-0.39, 0.29) is 5.54 Å². The molecule has 0 spiro atoms. The molecule has 0 unspecified atom stereocenters. The number of imidazole rings is 1. The molecule has 2 aromatic rings. The first kappa shape index (κ1) is 11.7. The van der Waals surface area contributed by atoms with E-state index in [1.165, 1.54) is 18.4 Å². The van der Waals surface area contributed by atoms with Gasteiger partial charge in [-0.15, -0.1) is 0 Å². The summed E-state index contributed by atoms with van der Waals surface area (Å²) in [6.07, 6.45) is 2.63. The fourth-order valence-electron chi connectivity index (χ4n) is 2.47. The molecule has 0 saturated heterocycles. The summed E-state index contributed by atoms with van der Waals surface area (Å²) in [6, 6.07) is 9.12. The van der Waals surface area contributed by atoms with Gasteiger partial charge in [-0.2, -0.15) is 0 Å². The van der Waals surface area contributed by atoms with Crippen LogP contribution in [0.4, 0.5) is 0 Å². The molecule has 3 heteroatoms. The lowest BCUT2D eigenvalue weighted by Crippen LogP contribution is -2.27. The highest BCUT2D eigenvalue weighted by Gasteiger charge is 2.24. The van der Waals surface area contributed by atoms with Crippen LogP contribution in [0.2, 0.25) is 0 Å². The minimum absolute atomic E-state index is 0.0661. The second kappa shape index (κ2) is 4.09. The average molecular weight is 243 g/mol. The van der Waals surface area contributed by atoms with Gasteiger partial charge >= 0.3 is 0 Å². The molecule has 3 nitrogen and oxygen atoms in total. The zero-order valence-corrected chi connectivity index (χ0v) is 11.4. The van der Waals surface area contributed by atoms with E-state index in [2.05, 4.69) is 54.9 Å². The Labute approximate surface area is 108 Å². The Kier molecular flexibility index (Phi) is 2.67. The van der Waals surface area contributed by atoms with E-state index in [1.807, 2.05) is 0 Å². The smallest absolute Gasteiger partial charge is 0.124 e. The van der Waals surface area contributed by atoms with Crippen molar-refractivity contribution in [3.8, 4) is 0 Å². The topological polar surface area (TPSA) is 29.9 Å². The van der Waals surface area contributed by atoms with Gasteiger partial charge in [0.05, 0.1) is 17.6 Å². The maximum atomic E-state index is 4.78. The molecule has 1 heterocycles. The van der Waals surface area contributed by atoms with E-state index in [1.54, 1.807) is 0 Å². The maximum Gasteiger partial charge on any atom is 0.124 e. The minimum atomic E-state index is 0.0661. The van der Waals surface area contributed by atoms with Crippen molar-refractivity contribution in [2.45, 2.75) is 51.7 Å². The molecule has 96 valence electrons. The molecule has 1 aliphatic carbocycles. The Balaban J connectivity index is 2.04. The quantitative estimate of drug-likeness (QED) is 0.898. The number of hydrogen-bond acceptors (Lipinski definition) is 2. The van der Waals surface area contributed by atoms with Gasteiger partial charge in [0, 0.05) is 11.6 Å². The molecule has 0 bridgehead atoms. The summed E-state index contributed by atoms with van der Waals surface area (Å²) in [4.78, 5) is 4.78. The van der Waals surface area contributed by atoms with Crippen LogP contribution >= 0.6 is 0 Å². The Morgan fingerprint density at radius 2 is 2.00 bits per heavy atom. The Hall–Kier alpha value is -1.35. The lowest BCUT2D eigenvalue weighted by molar-refractivity contribution is 0.388. The molecule has 3 rings (SSSR count). The first-order chi connectivity index (χ1) is 8.55. The van der Waals surface area contributed by atoms with Crippen LogP contribution in [0.25, 0.3) is 11.0 Å². The number of fused-ring (bicyclic) bond motifs is 1. The third kappa shape index (κ3) is 2.15. The zero-order valence-electron chi connectivity index (χ0n) is 11.4. The van der Waals surface area contributed by atoms with E-state index in [0.717, 1.165) is 23.9 Å². The maximum absolute atomic E-state index is 4.78. The van der Waals surface area contributed by atoms with Crippen LogP contribution in [0.3, 0.4) is 0 Å². The molecule has 0 aliphatic heterocycles. The summed E-state index contributed by atoms with van der Waals surface area (Å²) in [5.74, 6) is 1.15. The van der Waals surface area contributed by atoms with Gasteiger partial charge in [0.2, 0.25) is 0 Å². The predicted molar refractivity (Wildman–Crippen MR) is 74.6 cm³/mol. The molecule has 1 aromatic carbocycles. The summed E-state index contributed by atoms with van der Waals surface area (Å²) in [5, 5.41) is 3.56. The third-order valence-corrected chi connectivity index (χ3v) is 3.43. The van der Waals surface area contributed by atoms with Gasteiger partial charge in [0.1, 0.15) is 5.82 Å². The van der Waals surface area contributed by atoms with Crippen molar-refractivity contribution >= 4 is 11.0 Å². The Morgan fingerprint density at radius 1 is 1.28 bits per heavy atom. The summed E-state index contributed by atoms with van der Waals surface area (Å²) in [7, 11) is 0. The van der Waals surface area contributed by atoms with Crippen molar-refractivity contribution in [2.75, 3.05) is 0 Å². The van der Waals surface area contributed by atoms with Gasteiger partial charge in [-0.1, -0.05) is 12.1 Å². The van der Waals surface area contributed by atoms with Gasteiger partial charge in [-0.05, 0) is 45.7 Å². The lowest BCUT2D eigenvalue weighted by Gasteiger charge is -2.24. The van der Waals surface area contributed by atoms with Crippen molar-refractivity contribution in [3.63, 3.8) is 0 Å². The number of benzene rings is 1. The van der Waals surface area contributed by atoms with Crippen LogP contribution in [0, 0.1) is 0 Å². The van der Waals surface area contributed by atoms with Crippen molar-refractivity contribution in [1.82, 2.24) is 14.9 Å². The number of nitrogens with one attached hydrogen (secondary N) is 1. The largest absolute Gasteiger partial charge is 0.322 e. The van der Waals surface area contributed by atoms with Crippen LogP contribution in [0.5, 0.6) is 0 Å². The average Bonchev–Trinajstić information content (AvgIpc) is 3.04. The van der Waals surface area contributed by atoms with Crippen molar-refractivity contribution in [3.05, 3.63) is 30.1 Å². The first-order valence-electron chi connectivity index (χ1n) is 6.76. The second-order valence-corrected chi connectivity index (χ2v) is 6.18. The molecule has 1 fully saturated rings. The number of nitrogens with zero attached hydrogens (tertiary/aromatic N) is 2. The van der Waals surface area contributed by atoms with E-state index in [0.29, 0.717) is 0 Å². The van der Waals surface area contributed by atoms with Crippen LogP contribution in [0.1, 0.15) is 39.4 Å². The highest BCUT2D eigenvalue weighted by atomic mass is 15.2. The highest BCUT2D eigenvalue weighted by molar-refractivity contribution is 5.76. The van der Waals surface area contributed by atoms with Gasteiger partial charge in [-0.3, -0.25) is 0 Å². The van der Waals surface area contributed by atoms with Gasteiger partial charge in [0.15, 0.2) is 0 Å². The van der Waals surface area contributed by atoms with E-state index < -0.39 is 0 Å². The normalized spacial score (nSPS) is 16.4. The summed E-state index contributed by atoms with van der Waals surface area (Å²) >= 11 is 0. The summed E-state index contributed by atoms with van der Waals surface area (Å²) in [6.45, 7) is 7.59. The molecular formula is C15H21N3. The van der Waals surface area contributed by atoms with Crippen LogP contribution < -0.4 is 5.32 Å². The number of aromatic nitrogens is 2. The van der Waals surface area contributed by atoms with Gasteiger partial charge in [0.25, 0.3) is 0 Å². The fraction of sp³-hybridized carbons (Fsp3) is 0.533. The Bertz CT molecular complexity index is 559. The van der Waals surface area contributed by atoms with Crippen molar-refractivity contribution in [1.29, 1.82) is 0 Å². The molecule has 0 radical (unpaired) electrons. The zero-order chi connectivity index (χ0) is 12.8. The summed E-state index contributed by atoms with van der Waals surface area (Å²) < 4.78 is 2.36. The number of para-hydroxylation sites is 2. The van der Waals surface area contributed by atoms with E-state index >= 15 is 0 Å². The monoisotopic (exact) mass is 243 g/mol. The van der Waals surface area contributed by atoms with E-state index in [4.69, 9.17) is 4.98 Å². The first-order valence-corrected chi connectivity index (χ1v) is 6.76. The molecule has 1 saturated carbocycles. The Morgan fingerprint density at radius 3 is 2.67 bits per heavy atom. The van der Waals surface area contributed by atoms with Crippen LogP contribution in [-0.4, -0.2) is 15.6 Å². The standard InChI is InChI=1S/C15H21N3/c1-15(2,3)18-13-7-5-4-6-12(13)17-14(18)10-16-11-8-9-11/h4-7,11,16H,8-10H2,1-3H3. The molecule has 1 aromatic heterocycles. The number of hydrogen-bond donors (Lipinski definition) is 1. The van der Waals surface area contributed by atoms with Gasteiger partial charge in [-0.25, -0.2) is 4.98 Å². The molecule has 0 amide bonds. The summed E-state index contributed by atoms with van der Waals surface area (Å²) in [5.41, 5.74) is 2.40. The highest BCUT2D eigenvalue weighted by Crippen LogP contribution is 2.26. The van der Waals surface area contributed by atoms with Gasteiger partial charge < -0.3 is 9.88 Å². The van der Waals surface area contributed by atoms with Crippen molar-refractivity contribution < 1.29 is 0 Å². The van der Waals surface area contributed by atoms with Crippen molar-refractivity contribution in [2.24, 2.45) is 0 Å².